The Labute approximate surface area is 157 Å². The van der Waals surface area contributed by atoms with Crippen molar-refractivity contribution in [1.82, 2.24) is 0 Å². The summed E-state index contributed by atoms with van der Waals surface area (Å²) in [7, 11) is 0. The quantitative estimate of drug-likeness (QED) is 0.828. The molecule has 1 aliphatic heterocycles. The van der Waals surface area contributed by atoms with Crippen molar-refractivity contribution in [2.75, 3.05) is 19.8 Å². The molecule has 0 aromatic heterocycles. The van der Waals surface area contributed by atoms with Crippen LogP contribution in [-0.2, 0) is 6.42 Å². The zero-order valence-electron chi connectivity index (χ0n) is 14.3. The lowest BCUT2D eigenvalue weighted by Gasteiger charge is -2.26. The third kappa shape index (κ3) is 3.66. The fourth-order valence-electron chi connectivity index (χ4n) is 3.31. The van der Waals surface area contributed by atoms with Crippen molar-refractivity contribution in [2.24, 2.45) is 0 Å². The highest BCUT2D eigenvalue weighted by atomic mass is 35.5. The third-order valence-corrected chi connectivity index (χ3v) is 4.86. The summed E-state index contributed by atoms with van der Waals surface area (Å²) in [4.78, 5) is 0. The zero-order valence-corrected chi connectivity index (χ0v) is 15.8. The van der Waals surface area contributed by atoms with E-state index in [-0.39, 0.29) is 16.8 Å². The zero-order chi connectivity index (χ0) is 18.0. The second-order valence-corrected chi connectivity index (χ2v) is 6.78. The lowest BCUT2D eigenvalue weighted by molar-refractivity contribution is -0.690. The summed E-state index contributed by atoms with van der Waals surface area (Å²) in [5, 5.41) is 13.4. The highest BCUT2D eigenvalue weighted by Crippen LogP contribution is 2.40. The number of nitrogens with two attached hydrogens (primary N) is 1. The van der Waals surface area contributed by atoms with Crippen molar-refractivity contribution in [3.63, 3.8) is 0 Å². The Morgan fingerprint density at radius 1 is 1.04 bits per heavy atom. The van der Waals surface area contributed by atoms with Crippen LogP contribution in [0.4, 0.5) is 0 Å². The molecule has 1 aliphatic rings. The molecule has 0 saturated carbocycles. The summed E-state index contributed by atoms with van der Waals surface area (Å²) >= 11 is 12.3. The summed E-state index contributed by atoms with van der Waals surface area (Å²) in [5.74, 6) is 1.56. The number of ether oxygens (including phenoxy) is 2. The molecular weight excluding hydrogens is 361 g/mol. The first-order valence-electron chi connectivity index (χ1n) is 8.48. The van der Waals surface area contributed by atoms with Crippen LogP contribution >= 0.6 is 23.2 Å². The molecule has 0 fully saturated rings. The molecule has 0 spiro atoms. The van der Waals surface area contributed by atoms with Gasteiger partial charge in [-0.25, -0.2) is 0 Å². The van der Waals surface area contributed by atoms with Crippen molar-refractivity contribution in [1.29, 1.82) is 0 Å². The number of benzene rings is 2. The molecule has 0 saturated heterocycles. The molecule has 3 N–H and O–H groups in total. The van der Waals surface area contributed by atoms with Gasteiger partial charge in [-0.2, -0.15) is 0 Å². The largest absolute Gasteiger partial charge is 0.506 e. The van der Waals surface area contributed by atoms with Gasteiger partial charge >= 0.3 is 0 Å². The molecule has 0 bridgehead atoms. The number of fused-ring (bicyclic) bond motifs is 1. The first-order valence-corrected chi connectivity index (χ1v) is 9.24. The van der Waals surface area contributed by atoms with Crippen molar-refractivity contribution < 1.29 is 19.9 Å². The number of halogens is 2. The SMILES string of the molecule is CCOc1cc2c(cc1OCC)[C@H](c1cc(Cl)cc(Cl)c1O)[NH2+]CC2. The summed E-state index contributed by atoms with van der Waals surface area (Å²) in [6.07, 6.45) is 0.924. The smallest absolute Gasteiger partial charge is 0.161 e. The lowest BCUT2D eigenvalue weighted by Crippen LogP contribution is -2.87. The normalized spacial score (nSPS) is 16.4. The maximum absolute atomic E-state index is 10.4. The van der Waals surface area contributed by atoms with Crippen LogP contribution in [0.3, 0.4) is 0 Å². The number of aromatic hydroxyl groups is 1. The van der Waals surface area contributed by atoms with Crippen molar-refractivity contribution in [2.45, 2.75) is 26.3 Å². The maximum atomic E-state index is 10.4. The maximum Gasteiger partial charge on any atom is 0.161 e. The fraction of sp³-hybridized carbons (Fsp3) is 0.368. The van der Waals surface area contributed by atoms with Crippen LogP contribution in [0.5, 0.6) is 17.2 Å². The predicted octanol–water partition coefficient (Wildman–Crippen LogP) is 3.71. The van der Waals surface area contributed by atoms with E-state index in [4.69, 9.17) is 32.7 Å². The summed E-state index contributed by atoms with van der Waals surface area (Å²) < 4.78 is 11.5. The molecule has 134 valence electrons. The fourth-order valence-corrected chi connectivity index (χ4v) is 3.82. The number of hydrogen-bond donors (Lipinski definition) is 2. The number of rotatable bonds is 5. The molecular formula is C19H22Cl2NO3+. The highest BCUT2D eigenvalue weighted by Gasteiger charge is 2.30. The van der Waals surface area contributed by atoms with Gasteiger partial charge in [0.15, 0.2) is 11.5 Å². The first-order chi connectivity index (χ1) is 12.0. The van der Waals surface area contributed by atoms with Gasteiger partial charge in [-0.1, -0.05) is 23.2 Å². The van der Waals surface area contributed by atoms with Crippen LogP contribution < -0.4 is 14.8 Å². The lowest BCUT2D eigenvalue weighted by atomic mass is 9.89. The molecule has 2 aromatic rings. The molecule has 6 heteroatoms. The van der Waals surface area contributed by atoms with E-state index in [0.717, 1.165) is 30.0 Å². The topological polar surface area (TPSA) is 55.3 Å². The monoisotopic (exact) mass is 382 g/mol. The van der Waals surface area contributed by atoms with Gasteiger partial charge in [0.25, 0.3) is 0 Å². The summed E-state index contributed by atoms with van der Waals surface area (Å²) in [6, 6.07) is 7.30. The number of phenols is 1. The van der Waals surface area contributed by atoms with Gasteiger partial charge in [0, 0.05) is 17.0 Å². The molecule has 2 aromatic carbocycles. The molecule has 0 unspecified atom stereocenters. The highest BCUT2D eigenvalue weighted by molar-refractivity contribution is 6.35. The molecule has 0 amide bonds. The Bertz CT molecular complexity index is 780. The van der Waals surface area contributed by atoms with Crippen molar-refractivity contribution >= 4 is 23.2 Å². The molecule has 1 atom stereocenters. The third-order valence-electron chi connectivity index (χ3n) is 4.35. The van der Waals surface area contributed by atoms with E-state index in [1.165, 1.54) is 5.56 Å². The Morgan fingerprint density at radius 3 is 2.40 bits per heavy atom. The minimum Gasteiger partial charge on any atom is -0.506 e. The van der Waals surface area contributed by atoms with E-state index in [1.807, 2.05) is 26.0 Å². The second kappa shape index (κ2) is 7.73. The Balaban J connectivity index is 2.11. The number of phenolic OH excluding ortho intramolecular Hbond substituents is 1. The minimum atomic E-state index is -0.0881. The Morgan fingerprint density at radius 2 is 1.72 bits per heavy atom. The van der Waals surface area contributed by atoms with Crippen LogP contribution in [0.25, 0.3) is 0 Å². The molecule has 25 heavy (non-hydrogen) atoms. The Kier molecular flexibility index (Phi) is 5.62. The standard InChI is InChI=1S/C19H21Cl2NO3/c1-3-24-16-7-11-5-6-22-18(13(11)10-17(16)25-4-2)14-8-12(20)9-15(21)19(14)23/h7-10,18,22-23H,3-6H2,1-2H3/p+1/t18-/m1/s1. The van der Waals surface area contributed by atoms with E-state index < -0.39 is 0 Å². The average Bonchev–Trinajstić information content (AvgIpc) is 2.58. The van der Waals surface area contributed by atoms with E-state index in [0.29, 0.717) is 23.8 Å². The second-order valence-electron chi connectivity index (χ2n) is 5.94. The summed E-state index contributed by atoms with van der Waals surface area (Å²) in [6.45, 7) is 5.94. The van der Waals surface area contributed by atoms with Gasteiger partial charge < -0.3 is 19.9 Å². The van der Waals surface area contributed by atoms with E-state index in [2.05, 4.69) is 5.32 Å². The van der Waals surface area contributed by atoms with Crippen molar-refractivity contribution in [3.8, 4) is 17.2 Å². The van der Waals surface area contributed by atoms with Crippen LogP contribution in [0.1, 0.15) is 36.6 Å². The Hall–Kier alpha value is -1.62. The van der Waals surface area contributed by atoms with Gasteiger partial charge in [-0.15, -0.1) is 0 Å². The van der Waals surface area contributed by atoms with Gasteiger partial charge in [-0.05, 0) is 43.7 Å². The molecule has 1 heterocycles. The van der Waals surface area contributed by atoms with E-state index in [9.17, 15) is 5.11 Å². The molecule has 3 rings (SSSR count). The van der Waals surface area contributed by atoms with Crippen LogP contribution in [0.2, 0.25) is 10.0 Å². The number of hydrogen-bond acceptors (Lipinski definition) is 3. The van der Waals surface area contributed by atoms with Gasteiger partial charge in [-0.3, -0.25) is 0 Å². The predicted molar refractivity (Wildman–Crippen MR) is 99.2 cm³/mol. The summed E-state index contributed by atoms with van der Waals surface area (Å²) in [5.41, 5.74) is 2.99. The first kappa shape index (κ1) is 18.2. The molecule has 4 nitrogen and oxygen atoms in total. The van der Waals surface area contributed by atoms with Gasteiger partial charge in [0.2, 0.25) is 0 Å². The molecule has 0 radical (unpaired) electrons. The van der Waals surface area contributed by atoms with Crippen LogP contribution in [-0.4, -0.2) is 24.9 Å². The van der Waals surface area contributed by atoms with Gasteiger partial charge in [0.1, 0.15) is 11.8 Å². The van der Waals surface area contributed by atoms with Crippen LogP contribution in [0.15, 0.2) is 24.3 Å². The van der Waals surface area contributed by atoms with E-state index >= 15 is 0 Å². The molecule has 0 aliphatic carbocycles. The van der Waals surface area contributed by atoms with Crippen molar-refractivity contribution in [3.05, 3.63) is 51.0 Å². The van der Waals surface area contributed by atoms with Crippen LogP contribution in [0, 0.1) is 0 Å². The van der Waals surface area contributed by atoms with E-state index in [1.54, 1.807) is 12.1 Å². The average molecular weight is 383 g/mol. The number of quaternary nitrogens is 1. The van der Waals surface area contributed by atoms with Gasteiger partial charge in [0.05, 0.1) is 30.3 Å². The minimum absolute atomic E-state index is 0.0759.